The minimum atomic E-state index is 1.09. The lowest BCUT2D eigenvalue weighted by Gasteiger charge is -2.34. The van der Waals surface area contributed by atoms with Gasteiger partial charge in [0.1, 0.15) is 5.82 Å². The summed E-state index contributed by atoms with van der Waals surface area (Å²) in [6.45, 7) is 10.1. The maximum Gasteiger partial charge on any atom is 0.128 e. The molecule has 16 heavy (non-hydrogen) atoms. The third-order valence-corrected chi connectivity index (χ3v) is 3.36. The Bertz CT molecular complexity index is 330. The lowest BCUT2D eigenvalue weighted by atomic mass is 10.2. The zero-order chi connectivity index (χ0) is 11.4. The quantitative estimate of drug-likeness (QED) is 0.772. The van der Waals surface area contributed by atoms with Crippen molar-refractivity contribution in [3.63, 3.8) is 0 Å². The van der Waals surface area contributed by atoms with E-state index in [1.165, 1.54) is 5.56 Å². The molecule has 1 saturated heterocycles. The van der Waals surface area contributed by atoms with E-state index in [2.05, 4.69) is 40.8 Å². The van der Waals surface area contributed by atoms with E-state index < -0.39 is 0 Å². The van der Waals surface area contributed by atoms with E-state index in [0.29, 0.717) is 0 Å². The molecule has 0 N–H and O–H groups in total. The Balaban J connectivity index is 2.02. The van der Waals surface area contributed by atoms with Crippen LogP contribution in [0.1, 0.15) is 19.4 Å². The van der Waals surface area contributed by atoms with Gasteiger partial charge in [0.25, 0.3) is 0 Å². The molecule has 1 fully saturated rings. The van der Waals surface area contributed by atoms with Gasteiger partial charge in [0, 0.05) is 32.4 Å². The molecular weight excluding hydrogens is 198 g/mol. The lowest BCUT2D eigenvalue weighted by Crippen LogP contribution is -2.46. The molecule has 0 unspecified atom stereocenters. The van der Waals surface area contributed by atoms with Crippen molar-refractivity contribution in [2.75, 3.05) is 37.6 Å². The first-order valence-corrected chi connectivity index (χ1v) is 6.25. The van der Waals surface area contributed by atoms with E-state index in [-0.39, 0.29) is 0 Å². The maximum atomic E-state index is 4.47. The molecular formula is C13H21N3. The molecule has 1 aromatic heterocycles. The fourth-order valence-electron chi connectivity index (χ4n) is 2.15. The highest BCUT2D eigenvalue weighted by molar-refractivity contribution is 5.41. The first kappa shape index (κ1) is 11.4. The van der Waals surface area contributed by atoms with Gasteiger partial charge in [-0.3, -0.25) is 0 Å². The summed E-state index contributed by atoms with van der Waals surface area (Å²) in [5.41, 5.74) is 1.38. The summed E-state index contributed by atoms with van der Waals surface area (Å²) >= 11 is 0. The van der Waals surface area contributed by atoms with Crippen LogP contribution in [0.2, 0.25) is 0 Å². The van der Waals surface area contributed by atoms with E-state index in [0.717, 1.165) is 45.0 Å². The zero-order valence-corrected chi connectivity index (χ0v) is 10.3. The van der Waals surface area contributed by atoms with E-state index in [1.54, 1.807) is 0 Å². The van der Waals surface area contributed by atoms with Gasteiger partial charge in [-0.05, 0) is 30.7 Å². The fourth-order valence-corrected chi connectivity index (χ4v) is 2.15. The molecule has 0 bridgehead atoms. The summed E-state index contributed by atoms with van der Waals surface area (Å²) < 4.78 is 0. The van der Waals surface area contributed by atoms with Crippen LogP contribution in [-0.2, 0) is 6.42 Å². The number of nitrogens with zero attached hydrogens (tertiary/aromatic N) is 3. The number of piperazine rings is 1. The van der Waals surface area contributed by atoms with Gasteiger partial charge in [-0.1, -0.05) is 13.8 Å². The van der Waals surface area contributed by atoms with Crippen LogP contribution in [0.3, 0.4) is 0 Å². The standard InChI is InChI=1S/C13H21N3/c1-3-12-5-6-14-13(11-12)16-9-7-15(4-2)8-10-16/h5-6,11H,3-4,7-10H2,1-2H3. The first-order valence-electron chi connectivity index (χ1n) is 6.25. The topological polar surface area (TPSA) is 19.4 Å². The lowest BCUT2D eigenvalue weighted by molar-refractivity contribution is 0.270. The summed E-state index contributed by atoms with van der Waals surface area (Å²) in [4.78, 5) is 9.35. The van der Waals surface area contributed by atoms with E-state index >= 15 is 0 Å². The van der Waals surface area contributed by atoms with Gasteiger partial charge in [-0.15, -0.1) is 0 Å². The highest BCUT2D eigenvalue weighted by atomic mass is 15.3. The molecule has 2 heterocycles. The summed E-state index contributed by atoms with van der Waals surface area (Å²) in [6, 6.07) is 4.33. The van der Waals surface area contributed by atoms with Crippen molar-refractivity contribution in [3.05, 3.63) is 23.9 Å². The highest BCUT2D eigenvalue weighted by Gasteiger charge is 2.16. The molecule has 0 spiro atoms. The number of hydrogen-bond acceptors (Lipinski definition) is 3. The Morgan fingerprint density at radius 3 is 2.56 bits per heavy atom. The Kier molecular flexibility index (Phi) is 3.78. The second kappa shape index (κ2) is 5.30. The van der Waals surface area contributed by atoms with Crippen molar-refractivity contribution in [1.82, 2.24) is 9.88 Å². The fraction of sp³-hybridized carbons (Fsp3) is 0.615. The zero-order valence-electron chi connectivity index (χ0n) is 10.3. The normalized spacial score (nSPS) is 17.8. The van der Waals surface area contributed by atoms with E-state index in [4.69, 9.17) is 0 Å². The van der Waals surface area contributed by atoms with Gasteiger partial charge in [-0.25, -0.2) is 4.98 Å². The summed E-state index contributed by atoms with van der Waals surface area (Å²) in [6.07, 6.45) is 3.02. The van der Waals surface area contributed by atoms with Crippen molar-refractivity contribution in [2.45, 2.75) is 20.3 Å². The molecule has 1 aromatic rings. The molecule has 0 radical (unpaired) electrons. The number of rotatable bonds is 3. The highest BCUT2D eigenvalue weighted by Crippen LogP contribution is 2.15. The number of anilines is 1. The second-order valence-corrected chi connectivity index (χ2v) is 4.30. The minimum Gasteiger partial charge on any atom is -0.354 e. The molecule has 0 aliphatic carbocycles. The van der Waals surface area contributed by atoms with Gasteiger partial charge >= 0.3 is 0 Å². The van der Waals surface area contributed by atoms with Crippen LogP contribution >= 0.6 is 0 Å². The second-order valence-electron chi connectivity index (χ2n) is 4.30. The van der Waals surface area contributed by atoms with E-state index in [1.807, 2.05) is 6.20 Å². The molecule has 88 valence electrons. The van der Waals surface area contributed by atoms with Crippen molar-refractivity contribution in [3.8, 4) is 0 Å². The van der Waals surface area contributed by atoms with Gasteiger partial charge < -0.3 is 9.80 Å². The monoisotopic (exact) mass is 219 g/mol. The number of pyridine rings is 1. The molecule has 0 saturated carbocycles. The maximum absolute atomic E-state index is 4.47. The molecule has 3 nitrogen and oxygen atoms in total. The summed E-state index contributed by atoms with van der Waals surface area (Å²) in [5.74, 6) is 1.15. The van der Waals surface area contributed by atoms with Gasteiger partial charge in [0.05, 0.1) is 0 Å². The predicted octanol–water partition coefficient (Wildman–Crippen LogP) is 1.79. The van der Waals surface area contributed by atoms with Crippen LogP contribution in [-0.4, -0.2) is 42.6 Å². The Hall–Kier alpha value is -1.09. The molecule has 0 aromatic carbocycles. The van der Waals surface area contributed by atoms with Crippen LogP contribution < -0.4 is 4.90 Å². The molecule has 1 aliphatic heterocycles. The number of aromatic nitrogens is 1. The van der Waals surface area contributed by atoms with Crippen molar-refractivity contribution in [2.24, 2.45) is 0 Å². The molecule has 3 heteroatoms. The third-order valence-electron chi connectivity index (χ3n) is 3.36. The third kappa shape index (κ3) is 2.53. The SMILES string of the molecule is CCc1ccnc(N2CCN(CC)CC2)c1. The Labute approximate surface area is 98.1 Å². The van der Waals surface area contributed by atoms with E-state index in [9.17, 15) is 0 Å². The van der Waals surface area contributed by atoms with Crippen LogP contribution in [0.25, 0.3) is 0 Å². The summed E-state index contributed by atoms with van der Waals surface area (Å²) in [7, 11) is 0. The smallest absolute Gasteiger partial charge is 0.128 e. The largest absolute Gasteiger partial charge is 0.354 e. The van der Waals surface area contributed by atoms with Crippen LogP contribution in [0.5, 0.6) is 0 Å². The van der Waals surface area contributed by atoms with Crippen molar-refractivity contribution < 1.29 is 0 Å². The average Bonchev–Trinajstić information content (AvgIpc) is 2.39. The van der Waals surface area contributed by atoms with Crippen molar-refractivity contribution in [1.29, 1.82) is 0 Å². The molecule has 0 atom stereocenters. The van der Waals surface area contributed by atoms with Gasteiger partial charge in [-0.2, -0.15) is 0 Å². The van der Waals surface area contributed by atoms with Crippen LogP contribution in [0.4, 0.5) is 5.82 Å². The van der Waals surface area contributed by atoms with Crippen LogP contribution in [0.15, 0.2) is 18.3 Å². The van der Waals surface area contributed by atoms with Crippen LogP contribution in [0, 0.1) is 0 Å². The van der Waals surface area contributed by atoms with Gasteiger partial charge in [0.15, 0.2) is 0 Å². The molecule has 1 aliphatic rings. The number of aryl methyl sites for hydroxylation is 1. The average molecular weight is 219 g/mol. The Morgan fingerprint density at radius 2 is 1.94 bits per heavy atom. The molecule has 0 amide bonds. The first-order chi connectivity index (χ1) is 7.83. The van der Waals surface area contributed by atoms with Crippen molar-refractivity contribution >= 4 is 5.82 Å². The predicted molar refractivity (Wildman–Crippen MR) is 67.9 cm³/mol. The van der Waals surface area contributed by atoms with Gasteiger partial charge in [0.2, 0.25) is 0 Å². The minimum absolute atomic E-state index is 1.09. The molecule has 2 rings (SSSR count). The Morgan fingerprint density at radius 1 is 1.19 bits per heavy atom. The number of hydrogen-bond donors (Lipinski definition) is 0. The summed E-state index contributed by atoms with van der Waals surface area (Å²) in [5, 5.41) is 0. The number of likely N-dealkylation sites (N-methyl/N-ethyl adjacent to an activating group) is 1.